The van der Waals surface area contributed by atoms with Crippen molar-refractivity contribution < 1.29 is 9.84 Å². The Balaban J connectivity index is 1.80. The van der Waals surface area contributed by atoms with Gasteiger partial charge in [0.05, 0.1) is 18.3 Å². The van der Waals surface area contributed by atoms with E-state index in [2.05, 4.69) is 25.7 Å². The lowest BCUT2D eigenvalue weighted by Gasteiger charge is -2.32. The van der Waals surface area contributed by atoms with Crippen LogP contribution in [0, 0.1) is 5.92 Å². The first-order valence-electron chi connectivity index (χ1n) is 7.53. The number of rotatable bonds is 4. The van der Waals surface area contributed by atoms with E-state index in [1.54, 1.807) is 0 Å². The van der Waals surface area contributed by atoms with Crippen LogP contribution in [0.1, 0.15) is 52.9 Å². The molecule has 0 aromatic rings. The third-order valence-electron chi connectivity index (χ3n) is 4.35. The Labute approximate surface area is 112 Å². The molecule has 1 saturated heterocycles. The Morgan fingerprint density at radius 1 is 1.17 bits per heavy atom. The lowest BCUT2D eigenvalue weighted by molar-refractivity contribution is -0.0202. The monoisotopic (exact) mass is 255 g/mol. The molecule has 106 valence electrons. The molecule has 0 aromatic carbocycles. The predicted molar refractivity (Wildman–Crippen MR) is 73.6 cm³/mol. The lowest BCUT2D eigenvalue weighted by Crippen LogP contribution is -2.41. The molecule has 1 aliphatic carbocycles. The zero-order chi connectivity index (χ0) is 13.2. The molecule has 3 unspecified atom stereocenters. The van der Waals surface area contributed by atoms with Gasteiger partial charge in [0.25, 0.3) is 0 Å². The van der Waals surface area contributed by atoms with E-state index >= 15 is 0 Å². The summed E-state index contributed by atoms with van der Waals surface area (Å²) in [6.45, 7) is 9.33. The maximum atomic E-state index is 10.1. The highest BCUT2D eigenvalue weighted by atomic mass is 16.5. The van der Waals surface area contributed by atoms with Gasteiger partial charge in [-0.25, -0.2) is 0 Å². The molecule has 0 spiro atoms. The third-order valence-corrected chi connectivity index (χ3v) is 4.35. The van der Waals surface area contributed by atoms with Gasteiger partial charge >= 0.3 is 0 Å². The number of likely N-dealkylation sites (tertiary alicyclic amines) is 1. The first-order chi connectivity index (χ1) is 8.47. The Kier molecular flexibility index (Phi) is 4.68. The third kappa shape index (κ3) is 3.69. The van der Waals surface area contributed by atoms with Crippen LogP contribution in [0.2, 0.25) is 0 Å². The molecule has 1 aliphatic heterocycles. The Morgan fingerprint density at radius 3 is 2.56 bits per heavy atom. The molecule has 3 heteroatoms. The molecule has 2 rings (SSSR count). The average Bonchev–Trinajstić information content (AvgIpc) is 2.84. The van der Waals surface area contributed by atoms with Crippen LogP contribution in [0.4, 0.5) is 0 Å². The SMILES string of the molecule is CC(C)(C)OCCN1CCCC1C1CCCC1O. The molecule has 2 aliphatic rings. The van der Waals surface area contributed by atoms with Gasteiger partial charge in [0.2, 0.25) is 0 Å². The maximum Gasteiger partial charge on any atom is 0.0600 e. The standard InChI is InChI=1S/C15H29NO2/c1-15(2,3)18-11-10-16-9-5-7-13(16)12-6-4-8-14(12)17/h12-14,17H,4-11H2,1-3H3. The van der Waals surface area contributed by atoms with Gasteiger partial charge in [-0.3, -0.25) is 4.90 Å². The zero-order valence-corrected chi connectivity index (χ0v) is 12.2. The molecule has 2 fully saturated rings. The van der Waals surface area contributed by atoms with Crippen LogP contribution < -0.4 is 0 Å². The lowest BCUT2D eigenvalue weighted by atomic mass is 9.94. The summed E-state index contributed by atoms with van der Waals surface area (Å²) in [5.41, 5.74) is -0.0396. The van der Waals surface area contributed by atoms with Crippen molar-refractivity contribution in [3.05, 3.63) is 0 Å². The first-order valence-corrected chi connectivity index (χ1v) is 7.53. The van der Waals surface area contributed by atoms with E-state index < -0.39 is 0 Å². The second-order valence-electron chi connectivity index (χ2n) is 6.87. The van der Waals surface area contributed by atoms with Gasteiger partial charge in [0.15, 0.2) is 0 Å². The number of hydrogen-bond donors (Lipinski definition) is 1. The van der Waals surface area contributed by atoms with Crippen molar-refractivity contribution >= 4 is 0 Å². The fraction of sp³-hybridized carbons (Fsp3) is 1.00. The van der Waals surface area contributed by atoms with Gasteiger partial charge in [-0.05, 0) is 53.0 Å². The summed E-state index contributed by atoms with van der Waals surface area (Å²) in [6, 6.07) is 0.603. The van der Waals surface area contributed by atoms with E-state index in [4.69, 9.17) is 4.74 Å². The van der Waals surface area contributed by atoms with E-state index in [0.29, 0.717) is 12.0 Å². The Bertz CT molecular complexity index is 262. The van der Waals surface area contributed by atoms with Crippen molar-refractivity contribution in [2.24, 2.45) is 5.92 Å². The number of hydrogen-bond acceptors (Lipinski definition) is 3. The highest BCUT2D eigenvalue weighted by Gasteiger charge is 2.37. The highest BCUT2D eigenvalue weighted by Crippen LogP contribution is 2.35. The minimum Gasteiger partial charge on any atom is -0.393 e. The molecule has 3 nitrogen and oxygen atoms in total. The van der Waals surface area contributed by atoms with Crippen LogP contribution in [0.15, 0.2) is 0 Å². The van der Waals surface area contributed by atoms with Gasteiger partial charge in [-0.1, -0.05) is 6.42 Å². The van der Waals surface area contributed by atoms with Crippen molar-refractivity contribution in [3.63, 3.8) is 0 Å². The van der Waals surface area contributed by atoms with E-state index in [1.807, 2.05) is 0 Å². The van der Waals surface area contributed by atoms with Crippen LogP contribution in [0.25, 0.3) is 0 Å². The molecule has 0 amide bonds. The predicted octanol–water partition coefficient (Wildman–Crippen LogP) is 2.43. The van der Waals surface area contributed by atoms with Gasteiger partial charge in [0.1, 0.15) is 0 Å². The largest absolute Gasteiger partial charge is 0.393 e. The van der Waals surface area contributed by atoms with Crippen molar-refractivity contribution in [3.8, 4) is 0 Å². The number of aliphatic hydroxyl groups is 1. The molecule has 1 heterocycles. The molecule has 0 bridgehead atoms. The van der Waals surface area contributed by atoms with Gasteiger partial charge in [0, 0.05) is 18.5 Å². The zero-order valence-electron chi connectivity index (χ0n) is 12.2. The minimum absolute atomic E-state index is 0.0396. The summed E-state index contributed by atoms with van der Waals surface area (Å²) in [5.74, 6) is 0.516. The second-order valence-corrected chi connectivity index (χ2v) is 6.87. The van der Waals surface area contributed by atoms with E-state index in [-0.39, 0.29) is 11.7 Å². The van der Waals surface area contributed by atoms with Crippen molar-refractivity contribution in [2.75, 3.05) is 19.7 Å². The summed E-state index contributed by atoms with van der Waals surface area (Å²) in [6.07, 6.45) is 5.91. The molecule has 1 saturated carbocycles. The fourth-order valence-electron chi connectivity index (χ4n) is 3.50. The summed E-state index contributed by atoms with van der Waals surface area (Å²) < 4.78 is 5.82. The van der Waals surface area contributed by atoms with Gasteiger partial charge in [-0.2, -0.15) is 0 Å². The van der Waals surface area contributed by atoms with Crippen LogP contribution in [0.3, 0.4) is 0 Å². The normalized spacial score (nSPS) is 34.3. The summed E-state index contributed by atoms with van der Waals surface area (Å²) in [7, 11) is 0. The van der Waals surface area contributed by atoms with E-state index in [9.17, 15) is 5.11 Å². The molecule has 0 radical (unpaired) electrons. The number of aliphatic hydroxyl groups excluding tert-OH is 1. The van der Waals surface area contributed by atoms with E-state index in [1.165, 1.54) is 32.2 Å². The minimum atomic E-state index is -0.0564. The van der Waals surface area contributed by atoms with Crippen molar-refractivity contribution in [1.29, 1.82) is 0 Å². The van der Waals surface area contributed by atoms with Crippen LogP contribution in [-0.2, 0) is 4.74 Å². The number of nitrogens with zero attached hydrogens (tertiary/aromatic N) is 1. The van der Waals surface area contributed by atoms with Gasteiger partial charge < -0.3 is 9.84 Å². The van der Waals surface area contributed by atoms with Crippen molar-refractivity contribution in [2.45, 2.75) is 70.6 Å². The molecule has 18 heavy (non-hydrogen) atoms. The van der Waals surface area contributed by atoms with Crippen LogP contribution >= 0.6 is 0 Å². The van der Waals surface area contributed by atoms with Gasteiger partial charge in [-0.15, -0.1) is 0 Å². The molecular weight excluding hydrogens is 226 g/mol. The summed E-state index contributed by atoms with van der Waals surface area (Å²) >= 11 is 0. The molecule has 1 N–H and O–H groups in total. The van der Waals surface area contributed by atoms with Crippen LogP contribution in [-0.4, -0.2) is 47.4 Å². The summed E-state index contributed by atoms with van der Waals surface area (Å²) in [4.78, 5) is 2.55. The average molecular weight is 255 g/mol. The first kappa shape index (κ1) is 14.3. The van der Waals surface area contributed by atoms with Crippen LogP contribution in [0.5, 0.6) is 0 Å². The molecule has 0 aromatic heterocycles. The maximum absolute atomic E-state index is 10.1. The quantitative estimate of drug-likeness (QED) is 0.837. The molecular formula is C15H29NO2. The number of ether oxygens (including phenoxy) is 1. The van der Waals surface area contributed by atoms with Crippen molar-refractivity contribution in [1.82, 2.24) is 4.90 Å². The smallest absolute Gasteiger partial charge is 0.0600 e. The molecule has 3 atom stereocenters. The summed E-state index contributed by atoms with van der Waals surface area (Å²) in [5, 5.41) is 10.1. The fourth-order valence-corrected chi connectivity index (χ4v) is 3.50. The Hall–Kier alpha value is -0.120. The van der Waals surface area contributed by atoms with E-state index in [0.717, 1.165) is 19.6 Å². The Morgan fingerprint density at radius 2 is 1.94 bits per heavy atom. The highest BCUT2D eigenvalue weighted by molar-refractivity contribution is 4.91. The second kappa shape index (κ2) is 5.89. The topological polar surface area (TPSA) is 32.7 Å².